The molecule has 0 radical (unpaired) electrons. The molecular weight excluding hydrogens is 273 g/mol. The molecule has 1 aliphatic rings. The third-order valence-electron chi connectivity index (χ3n) is 2.78. The number of rotatable bonds is 2. The van der Waals surface area contributed by atoms with E-state index in [1.807, 2.05) is 0 Å². The Morgan fingerprint density at radius 2 is 1.06 bits per heavy atom. The first-order chi connectivity index (χ1) is 7.43. The first-order valence-electron chi connectivity index (χ1n) is 6.48. The summed E-state index contributed by atoms with van der Waals surface area (Å²) < 4.78 is 12.9. The molecule has 0 amide bonds. The van der Waals surface area contributed by atoms with Gasteiger partial charge in [0.2, 0.25) is 0 Å². The molecule has 3 heteroatoms. The predicted molar refractivity (Wildman–Crippen MR) is 75.4 cm³/mol. The number of hydrogen-bond acceptors (Lipinski definition) is 2. The van der Waals surface area contributed by atoms with Crippen LogP contribution in [0.25, 0.3) is 0 Å². The van der Waals surface area contributed by atoms with E-state index < -0.39 is 13.9 Å². The SMILES string of the molecule is CC1=C(C)[CH2][Ge]([O]C(C)(C)C)([O]C(C)(C)C)[CH2]1. The molecule has 0 aliphatic carbocycles. The average molecular weight is 301 g/mol. The van der Waals surface area contributed by atoms with Gasteiger partial charge in [0.25, 0.3) is 0 Å². The van der Waals surface area contributed by atoms with Crippen LogP contribution in [0, 0.1) is 0 Å². The monoisotopic (exact) mass is 302 g/mol. The molecule has 2 nitrogen and oxygen atoms in total. The van der Waals surface area contributed by atoms with Crippen molar-refractivity contribution in [1.29, 1.82) is 0 Å². The van der Waals surface area contributed by atoms with E-state index in [1.54, 1.807) is 0 Å². The summed E-state index contributed by atoms with van der Waals surface area (Å²) in [6.07, 6.45) is 0. The second kappa shape index (κ2) is 4.71. The van der Waals surface area contributed by atoms with E-state index in [0.29, 0.717) is 0 Å². The first kappa shape index (κ1) is 15.3. The minimum absolute atomic E-state index is 0.101. The summed E-state index contributed by atoms with van der Waals surface area (Å²) in [4.78, 5) is 0. The van der Waals surface area contributed by atoms with Crippen LogP contribution < -0.4 is 0 Å². The van der Waals surface area contributed by atoms with E-state index >= 15 is 0 Å². The van der Waals surface area contributed by atoms with Crippen LogP contribution in [-0.4, -0.2) is 25.1 Å². The molecule has 0 saturated carbocycles. The van der Waals surface area contributed by atoms with E-state index in [2.05, 4.69) is 55.4 Å². The first-order valence-corrected chi connectivity index (χ1v) is 11.2. The second-order valence-electron chi connectivity index (χ2n) is 7.25. The quantitative estimate of drug-likeness (QED) is 0.555. The maximum atomic E-state index is 6.43. The Bertz CT molecular complexity index is 286. The molecule has 0 aromatic rings. The molecule has 0 unspecified atom stereocenters. The molecule has 0 aromatic carbocycles. The molecule has 0 spiro atoms. The van der Waals surface area contributed by atoms with Crippen molar-refractivity contribution in [3.63, 3.8) is 0 Å². The Morgan fingerprint density at radius 1 is 0.765 bits per heavy atom. The van der Waals surface area contributed by atoms with E-state index in [0.717, 1.165) is 10.5 Å². The van der Waals surface area contributed by atoms with Gasteiger partial charge in [-0.15, -0.1) is 0 Å². The van der Waals surface area contributed by atoms with Crippen LogP contribution in [0.3, 0.4) is 0 Å². The van der Waals surface area contributed by atoms with Crippen molar-refractivity contribution in [2.45, 2.75) is 77.1 Å². The van der Waals surface area contributed by atoms with Gasteiger partial charge in [0.15, 0.2) is 0 Å². The van der Waals surface area contributed by atoms with Gasteiger partial charge in [0.1, 0.15) is 0 Å². The summed E-state index contributed by atoms with van der Waals surface area (Å²) in [5.41, 5.74) is 2.77. The summed E-state index contributed by atoms with van der Waals surface area (Å²) in [6.45, 7) is 17.2. The van der Waals surface area contributed by atoms with Crippen molar-refractivity contribution in [2.75, 3.05) is 0 Å². The predicted octanol–water partition coefficient (Wildman–Crippen LogP) is 4.41. The Labute approximate surface area is 110 Å². The average Bonchev–Trinajstić information content (AvgIpc) is 2.17. The minimum atomic E-state index is -2.68. The topological polar surface area (TPSA) is 18.5 Å². The molecule has 0 bridgehead atoms. The third kappa shape index (κ3) is 4.76. The molecule has 1 heterocycles. The molecule has 1 aliphatic heterocycles. The van der Waals surface area contributed by atoms with Crippen molar-refractivity contribution in [3.8, 4) is 0 Å². The normalized spacial score (nSPS) is 21.2. The van der Waals surface area contributed by atoms with Gasteiger partial charge in [-0.05, 0) is 0 Å². The standard InChI is InChI=1S/C14H28GeO2/c1-11-9-15(10-12(11)2,16-13(3,4)5)17-14(6,7)8/h9-10H2,1-8H3. The van der Waals surface area contributed by atoms with Gasteiger partial charge < -0.3 is 0 Å². The van der Waals surface area contributed by atoms with Gasteiger partial charge in [-0.25, -0.2) is 0 Å². The van der Waals surface area contributed by atoms with Crippen LogP contribution in [0.4, 0.5) is 0 Å². The molecule has 0 atom stereocenters. The Kier molecular flexibility index (Phi) is 4.23. The zero-order valence-electron chi connectivity index (χ0n) is 12.7. The van der Waals surface area contributed by atoms with E-state index in [1.165, 1.54) is 11.1 Å². The molecule has 1 rings (SSSR count). The summed E-state index contributed by atoms with van der Waals surface area (Å²) in [5.74, 6) is 0. The summed E-state index contributed by atoms with van der Waals surface area (Å²) in [7, 11) is 0. The van der Waals surface area contributed by atoms with Crippen LogP contribution >= 0.6 is 0 Å². The van der Waals surface area contributed by atoms with Crippen LogP contribution in [0.1, 0.15) is 55.4 Å². The summed E-state index contributed by atoms with van der Waals surface area (Å²) in [5, 5.41) is 2.14. The van der Waals surface area contributed by atoms with Crippen molar-refractivity contribution in [3.05, 3.63) is 11.1 Å². The summed E-state index contributed by atoms with van der Waals surface area (Å²) >= 11 is -2.68. The third-order valence-corrected chi connectivity index (χ3v) is 11.4. The van der Waals surface area contributed by atoms with Gasteiger partial charge in [0, 0.05) is 0 Å². The maximum absolute atomic E-state index is 6.43. The van der Waals surface area contributed by atoms with E-state index in [9.17, 15) is 0 Å². The number of allylic oxidation sites excluding steroid dienone is 2. The van der Waals surface area contributed by atoms with Gasteiger partial charge in [-0.3, -0.25) is 0 Å². The molecular formula is C14H28GeO2. The van der Waals surface area contributed by atoms with Crippen molar-refractivity contribution >= 4 is 13.9 Å². The zero-order chi connectivity index (χ0) is 13.5. The van der Waals surface area contributed by atoms with Crippen LogP contribution in [0.15, 0.2) is 11.1 Å². The Morgan fingerprint density at radius 3 is 1.29 bits per heavy atom. The molecule has 17 heavy (non-hydrogen) atoms. The fourth-order valence-corrected chi connectivity index (χ4v) is 12.7. The van der Waals surface area contributed by atoms with Crippen LogP contribution in [0.5, 0.6) is 0 Å². The fraction of sp³-hybridized carbons (Fsp3) is 0.857. The molecule has 0 fully saturated rings. The van der Waals surface area contributed by atoms with Gasteiger partial charge in [0.05, 0.1) is 0 Å². The van der Waals surface area contributed by atoms with Crippen LogP contribution in [0.2, 0.25) is 10.5 Å². The second-order valence-corrected chi connectivity index (χ2v) is 13.4. The van der Waals surface area contributed by atoms with Gasteiger partial charge in [-0.2, -0.15) is 0 Å². The summed E-state index contributed by atoms with van der Waals surface area (Å²) in [6, 6.07) is 0. The molecule has 0 N–H and O–H groups in total. The van der Waals surface area contributed by atoms with Crippen LogP contribution in [-0.2, 0) is 7.53 Å². The molecule has 100 valence electrons. The van der Waals surface area contributed by atoms with Crippen molar-refractivity contribution in [1.82, 2.24) is 0 Å². The van der Waals surface area contributed by atoms with Gasteiger partial charge >= 0.3 is 110 Å². The van der Waals surface area contributed by atoms with Gasteiger partial charge in [-0.1, -0.05) is 0 Å². The molecule has 0 aromatic heterocycles. The number of hydrogen-bond donors (Lipinski definition) is 0. The Balaban J connectivity index is 2.90. The fourth-order valence-electron chi connectivity index (χ4n) is 2.45. The molecule has 0 saturated heterocycles. The van der Waals surface area contributed by atoms with E-state index in [-0.39, 0.29) is 11.2 Å². The van der Waals surface area contributed by atoms with E-state index in [4.69, 9.17) is 7.53 Å². The zero-order valence-corrected chi connectivity index (χ0v) is 14.8. The van der Waals surface area contributed by atoms with Crippen molar-refractivity contribution < 1.29 is 7.53 Å². The van der Waals surface area contributed by atoms with Crippen molar-refractivity contribution in [2.24, 2.45) is 0 Å². The Hall–Kier alpha value is 0.203.